The van der Waals surface area contributed by atoms with Crippen molar-refractivity contribution in [3.8, 4) is 0 Å². The van der Waals surface area contributed by atoms with E-state index in [1.54, 1.807) is 0 Å². The molecule has 1 aromatic rings. The monoisotopic (exact) mass is 250 g/mol. The van der Waals surface area contributed by atoms with E-state index in [0.717, 1.165) is 6.42 Å². The Labute approximate surface area is 116 Å². The zero-order chi connectivity index (χ0) is 14.8. The number of rotatable bonds is 1. The molecule has 0 aliphatic heterocycles. The minimum absolute atomic E-state index is 0.404. The Morgan fingerprint density at radius 2 is 1.06 bits per heavy atom. The second-order valence-corrected chi connectivity index (χ2v) is 7.22. The molecule has 0 bridgehead atoms. The van der Waals surface area contributed by atoms with Crippen LogP contribution < -0.4 is 0 Å². The van der Waals surface area contributed by atoms with Gasteiger partial charge in [-0.2, -0.15) is 0 Å². The quantitative estimate of drug-likeness (QED) is 0.544. The van der Waals surface area contributed by atoms with Crippen LogP contribution in [0.5, 0.6) is 0 Å². The molecule has 0 atom stereocenters. The maximum atomic E-state index is 2.26. The molecule has 0 aliphatic rings. The van der Waals surface area contributed by atoms with Gasteiger partial charge in [0.1, 0.15) is 0 Å². The van der Waals surface area contributed by atoms with Gasteiger partial charge >= 0.3 is 0 Å². The number of benzene rings is 1. The zero-order valence-corrected chi connectivity index (χ0v) is 14.1. The van der Waals surface area contributed by atoms with E-state index in [-0.39, 0.29) is 0 Å². The average Bonchev–Trinajstić information content (AvgIpc) is 2.17. The molecule has 106 valence electrons. The van der Waals surface area contributed by atoms with Crippen LogP contribution in [0, 0.1) is 10.8 Å². The molecule has 0 aromatic heterocycles. The molecular weight excluding hydrogens is 216 g/mol. The summed E-state index contributed by atoms with van der Waals surface area (Å²) in [6.45, 7) is 19.5. The van der Waals surface area contributed by atoms with Gasteiger partial charge in [0.25, 0.3) is 0 Å². The van der Waals surface area contributed by atoms with Crippen LogP contribution in [0.4, 0.5) is 0 Å². The van der Waals surface area contributed by atoms with Crippen LogP contribution in [0.2, 0.25) is 0 Å². The van der Waals surface area contributed by atoms with Crippen LogP contribution in [0.25, 0.3) is 0 Å². The Morgan fingerprint density at radius 1 is 0.722 bits per heavy atom. The largest absolute Gasteiger partial charge is 0.0683 e. The fourth-order valence-corrected chi connectivity index (χ4v) is 1.21. The molecular formula is C18H34. The smallest absolute Gasteiger partial charge is 0.0230 e. The molecule has 0 heteroatoms. The molecule has 0 N–H and O–H groups in total. The third-order valence-electron chi connectivity index (χ3n) is 1.58. The van der Waals surface area contributed by atoms with Gasteiger partial charge in [-0.15, -0.1) is 0 Å². The average molecular weight is 250 g/mol. The lowest BCUT2D eigenvalue weighted by Gasteiger charge is -2.17. The fraction of sp³-hybridized carbons (Fsp3) is 0.667. The van der Waals surface area contributed by atoms with Crippen LogP contribution >= 0.6 is 0 Å². The highest BCUT2D eigenvalue weighted by atomic mass is 14.1. The highest BCUT2D eigenvalue weighted by Gasteiger charge is 2.09. The van der Waals surface area contributed by atoms with Gasteiger partial charge in [0.2, 0.25) is 0 Å². The van der Waals surface area contributed by atoms with Crippen molar-refractivity contribution >= 4 is 0 Å². The van der Waals surface area contributed by atoms with Crippen LogP contribution in [0.1, 0.15) is 67.9 Å². The summed E-state index contributed by atoms with van der Waals surface area (Å²) in [5.74, 6) is 0. The number of hydrogen-bond acceptors (Lipinski definition) is 0. The lowest BCUT2D eigenvalue weighted by molar-refractivity contribution is 0.411. The molecule has 18 heavy (non-hydrogen) atoms. The van der Waals surface area contributed by atoms with E-state index < -0.39 is 0 Å². The number of hydrogen-bond donors (Lipinski definition) is 0. The molecule has 0 nitrogen and oxygen atoms in total. The molecule has 0 spiro atoms. The highest BCUT2D eigenvalue weighted by Crippen LogP contribution is 2.19. The van der Waals surface area contributed by atoms with E-state index in [1.165, 1.54) is 5.56 Å². The van der Waals surface area contributed by atoms with Crippen molar-refractivity contribution in [3.05, 3.63) is 35.9 Å². The van der Waals surface area contributed by atoms with E-state index in [4.69, 9.17) is 0 Å². The van der Waals surface area contributed by atoms with Crippen molar-refractivity contribution in [1.82, 2.24) is 0 Å². The first kappa shape index (κ1) is 19.6. The molecule has 0 saturated carbocycles. The third-order valence-corrected chi connectivity index (χ3v) is 1.58. The van der Waals surface area contributed by atoms with Crippen molar-refractivity contribution in [3.63, 3.8) is 0 Å². The first-order valence-corrected chi connectivity index (χ1v) is 7.12. The lowest BCUT2D eigenvalue weighted by atomic mass is 9.88. The molecule has 1 rings (SSSR count). The van der Waals surface area contributed by atoms with Crippen molar-refractivity contribution in [2.45, 2.75) is 68.7 Å². The van der Waals surface area contributed by atoms with Crippen LogP contribution in [-0.2, 0) is 6.42 Å². The molecule has 0 saturated heterocycles. The normalized spacial score (nSPS) is 10.7. The van der Waals surface area contributed by atoms with Crippen molar-refractivity contribution in [1.29, 1.82) is 0 Å². The van der Waals surface area contributed by atoms with Gasteiger partial charge < -0.3 is 0 Å². The van der Waals surface area contributed by atoms with E-state index in [2.05, 4.69) is 78.8 Å². The van der Waals surface area contributed by atoms with Crippen LogP contribution in [-0.4, -0.2) is 0 Å². The van der Waals surface area contributed by atoms with Gasteiger partial charge in [0, 0.05) is 0 Å². The third kappa shape index (κ3) is 20.6. The Hall–Kier alpha value is -0.780. The van der Waals surface area contributed by atoms with Gasteiger partial charge in [-0.25, -0.2) is 0 Å². The Morgan fingerprint density at radius 3 is 1.33 bits per heavy atom. The Balaban J connectivity index is 0. The summed E-state index contributed by atoms with van der Waals surface area (Å²) in [5.41, 5.74) is 2.33. The van der Waals surface area contributed by atoms with Gasteiger partial charge in [-0.3, -0.25) is 0 Å². The molecule has 0 radical (unpaired) electrons. The summed E-state index contributed by atoms with van der Waals surface area (Å²) in [7, 11) is 0. The van der Waals surface area contributed by atoms with E-state index in [1.807, 2.05) is 13.8 Å². The maximum absolute atomic E-state index is 2.26. The first-order valence-electron chi connectivity index (χ1n) is 7.12. The zero-order valence-electron chi connectivity index (χ0n) is 14.1. The first-order chi connectivity index (χ1) is 8.08. The summed E-state index contributed by atoms with van der Waals surface area (Å²) in [5, 5.41) is 0. The van der Waals surface area contributed by atoms with E-state index in [0.29, 0.717) is 10.8 Å². The van der Waals surface area contributed by atoms with Gasteiger partial charge in [0.15, 0.2) is 0 Å². The van der Waals surface area contributed by atoms with Crippen molar-refractivity contribution in [2.75, 3.05) is 0 Å². The summed E-state index contributed by atoms with van der Waals surface area (Å²) in [6, 6.07) is 10.6. The van der Waals surface area contributed by atoms with E-state index in [9.17, 15) is 0 Å². The SMILES string of the molecule is CC.CC(C)(C)C.CC(C)(C)Cc1ccccc1. The highest BCUT2D eigenvalue weighted by molar-refractivity contribution is 5.15. The maximum Gasteiger partial charge on any atom is -0.0230 e. The molecule has 1 aromatic carbocycles. The summed E-state index contributed by atoms with van der Waals surface area (Å²) < 4.78 is 0. The predicted octanol–water partition coefficient (Wildman–Crippen LogP) is 6.35. The minimum Gasteiger partial charge on any atom is -0.0683 e. The van der Waals surface area contributed by atoms with Gasteiger partial charge in [0.05, 0.1) is 0 Å². The van der Waals surface area contributed by atoms with Gasteiger partial charge in [-0.05, 0) is 22.8 Å². The second-order valence-electron chi connectivity index (χ2n) is 7.22. The van der Waals surface area contributed by atoms with Crippen molar-refractivity contribution < 1.29 is 0 Å². The predicted molar refractivity (Wildman–Crippen MR) is 86.1 cm³/mol. The molecule has 0 amide bonds. The molecule has 0 aliphatic carbocycles. The fourth-order valence-electron chi connectivity index (χ4n) is 1.21. The van der Waals surface area contributed by atoms with Crippen LogP contribution in [0.3, 0.4) is 0 Å². The minimum atomic E-state index is 0.404. The molecule has 0 fully saturated rings. The summed E-state index contributed by atoms with van der Waals surface area (Å²) >= 11 is 0. The van der Waals surface area contributed by atoms with Crippen molar-refractivity contribution in [2.24, 2.45) is 10.8 Å². The lowest BCUT2D eigenvalue weighted by Crippen LogP contribution is -2.08. The standard InChI is InChI=1S/C11H16.C5H12.C2H6/c1-11(2,3)9-10-7-5-4-6-8-10;1-5(2,3)4;1-2/h4-8H,9H2,1-3H3;1-4H3;1-2H3. The van der Waals surface area contributed by atoms with Crippen LogP contribution in [0.15, 0.2) is 30.3 Å². The van der Waals surface area contributed by atoms with Gasteiger partial charge in [-0.1, -0.05) is 92.6 Å². The second kappa shape index (κ2) is 9.19. The Kier molecular flexibility index (Phi) is 9.99. The Bertz CT molecular complexity index is 263. The van der Waals surface area contributed by atoms with E-state index >= 15 is 0 Å². The summed E-state index contributed by atoms with van der Waals surface area (Å²) in [6.07, 6.45) is 1.16. The molecule has 0 unspecified atom stereocenters. The molecule has 0 heterocycles. The topological polar surface area (TPSA) is 0 Å². The summed E-state index contributed by atoms with van der Waals surface area (Å²) in [4.78, 5) is 0.